The van der Waals surface area contributed by atoms with Crippen LogP contribution in [0.3, 0.4) is 0 Å². The first-order valence-corrected chi connectivity index (χ1v) is 8.69. The van der Waals surface area contributed by atoms with Crippen molar-refractivity contribution in [3.63, 3.8) is 0 Å². The Hall–Kier alpha value is -2.68. The molecule has 9 nitrogen and oxygen atoms in total. The molecule has 1 atom stereocenters. The predicted octanol–water partition coefficient (Wildman–Crippen LogP) is 2.88. The van der Waals surface area contributed by atoms with Crippen LogP contribution < -0.4 is 0 Å². The molecule has 0 saturated carbocycles. The lowest BCUT2D eigenvalue weighted by molar-refractivity contribution is -0.402. The van der Waals surface area contributed by atoms with Crippen molar-refractivity contribution in [3.8, 4) is 0 Å². The highest BCUT2D eigenvalue weighted by Crippen LogP contribution is 2.18. The number of hydrogen-bond acceptors (Lipinski definition) is 7. The van der Waals surface area contributed by atoms with Crippen molar-refractivity contribution < 1.29 is 18.9 Å². The molecular weight excluding hydrogens is 340 g/mol. The number of nitro groups is 1. The molecule has 2 saturated heterocycles. The number of cyclic esters (lactones) is 1. The molecular formula is C17H22N4O5. The molecule has 26 heavy (non-hydrogen) atoms. The van der Waals surface area contributed by atoms with Gasteiger partial charge in [0.15, 0.2) is 0 Å². The highest BCUT2D eigenvalue weighted by molar-refractivity contribution is 5.96. The minimum atomic E-state index is -0.596. The lowest BCUT2D eigenvalue weighted by atomic mass is 10.1. The quantitative estimate of drug-likeness (QED) is 0.438. The Balaban J connectivity index is 1.55. The van der Waals surface area contributed by atoms with Gasteiger partial charge in [-0.2, -0.15) is 10.1 Å². The molecule has 1 aromatic heterocycles. The van der Waals surface area contributed by atoms with E-state index in [1.165, 1.54) is 36.4 Å². The van der Waals surface area contributed by atoms with Gasteiger partial charge in [-0.3, -0.25) is 15.0 Å². The summed E-state index contributed by atoms with van der Waals surface area (Å²) >= 11 is 0. The molecule has 0 aliphatic carbocycles. The number of furan rings is 1. The predicted molar refractivity (Wildman–Crippen MR) is 94.8 cm³/mol. The third-order valence-corrected chi connectivity index (χ3v) is 4.33. The van der Waals surface area contributed by atoms with Crippen LogP contribution in [-0.2, 0) is 4.74 Å². The zero-order valence-corrected chi connectivity index (χ0v) is 14.7. The zero-order chi connectivity index (χ0) is 18.5. The second kappa shape index (κ2) is 8.13. The fourth-order valence-electron chi connectivity index (χ4n) is 3.07. The van der Waals surface area contributed by atoms with Crippen molar-refractivity contribution in [2.45, 2.75) is 32.3 Å². The summed E-state index contributed by atoms with van der Waals surface area (Å²) in [6, 6.07) is 2.79. The van der Waals surface area contributed by atoms with Crippen LogP contribution in [0.15, 0.2) is 27.7 Å². The van der Waals surface area contributed by atoms with Gasteiger partial charge < -0.3 is 9.15 Å². The van der Waals surface area contributed by atoms with Crippen molar-refractivity contribution >= 4 is 23.8 Å². The smallest absolute Gasteiger partial charge is 0.433 e. The molecule has 3 heterocycles. The third-order valence-electron chi connectivity index (χ3n) is 4.33. The number of hydrogen-bond donors (Lipinski definition) is 0. The highest BCUT2D eigenvalue weighted by Gasteiger charge is 2.32. The Bertz CT molecular complexity index is 720. The van der Waals surface area contributed by atoms with Crippen molar-refractivity contribution in [1.29, 1.82) is 0 Å². The van der Waals surface area contributed by atoms with E-state index >= 15 is 0 Å². The summed E-state index contributed by atoms with van der Waals surface area (Å²) in [5.41, 5.74) is 0.569. The molecule has 140 valence electrons. The van der Waals surface area contributed by atoms with Crippen LogP contribution in [0.2, 0.25) is 0 Å². The first-order valence-electron chi connectivity index (χ1n) is 8.69. The SMILES string of the molecule is CC(/C=C/c1ccc([N+](=O)[O-])o1)=N\N1CC(CN2CCCCC2)OC1=O. The van der Waals surface area contributed by atoms with Gasteiger partial charge in [0.1, 0.15) is 16.8 Å². The molecule has 2 aliphatic rings. The first kappa shape index (κ1) is 18.1. The van der Waals surface area contributed by atoms with E-state index in [0.717, 1.165) is 19.6 Å². The Kier molecular flexibility index (Phi) is 5.67. The third kappa shape index (κ3) is 4.69. The number of ether oxygens (including phenoxy) is 1. The van der Waals surface area contributed by atoms with Gasteiger partial charge in [-0.1, -0.05) is 6.42 Å². The summed E-state index contributed by atoms with van der Waals surface area (Å²) in [5.74, 6) is 0.0288. The summed E-state index contributed by atoms with van der Waals surface area (Å²) in [6.45, 7) is 5.00. The molecule has 1 aromatic rings. The van der Waals surface area contributed by atoms with E-state index in [4.69, 9.17) is 9.15 Å². The average molecular weight is 362 g/mol. The van der Waals surface area contributed by atoms with E-state index in [2.05, 4.69) is 10.0 Å². The molecule has 0 aromatic carbocycles. The van der Waals surface area contributed by atoms with Crippen molar-refractivity contribution in [1.82, 2.24) is 9.91 Å². The second-order valence-electron chi connectivity index (χ2n) is 6.46. The number of likely N-dealkylation sites (tertiary alicyclic amines) is 1. The van der Waals surface area contributed by atoms with Crippen LogP contribution in [0, 0.1) is 10.1 Å². The topological polar surface area (TPSA) is 101 Å². The van der Waals surface area contributed by atoms with Crippen LogP contribution in [0.1, 0.15) is 31.9 Å². The number of carbonyl (C=O) groups excluding carboxylic acids is 1. The Morgan fingerprint density at radius 2 is 2.15 bits per heavy atom. The minimum Gasteiger partial charge on any atom is -0.441 e. The van der Waals surface area contributed by atoms with E-state index in [1.807, 2.05) is 0 Å². The molecule has 3 rings (SSSR count). The molecule has 2 fully saturated rings. The number of nitrogens with zero attached hydrogens (tertiary/aromatic N) is 4. The molecule has 1 amide bonds. The summed E-state index contributed by atoms with van der Waals surface area (Å²) in [4.78, 5) is 24.3. The number of piperidine rings is 1. The van der Waals surface area contributed by atoms with Gasteiger partial charge in [0.25, 0.3) is 0 Å². The Labute approximate surface area is 151 Å². The van der Waals surface area contributed by atoms with Crippen LogP contribution >= 0.6 is 0 Å². The fraction of sp³-hybridized carbons (Fsp3) is 0.529. The number of hydrazone groups is 1. The lowest BCUT2D eigenvalue weighted by Gasteiger charge is -2.27. The zero-order valence-electron chi connectivity index (χ0n) is 14.7. The van der Waals surface area contributed by atoms with Crippen molar-refractivity contribution in [2.24, 2.45) is 5.10 Å². The molecule has 0 radical (unpaired) electrons. The van der Waals surface area contributed by atoms with Gasteiger partial charge in [-0.05, 0) is 51.1 Å². The van der Waals surface area contributed by atoms with Gasteiger partial charge >= 0.3 is 12.0 Å². The maximum Gasteiger partial charge on any atom is 0.433 e. The van der Waals surface area contributed by atoms with Crippen molar-refractivity contribution in [2.75, 3.05) is 26.2 Å². The minimum absolute atomic E-state index is 0.172. The van der Waals surface area contributed by atoms with E-state index < -0.39 is 11.0 Å². The molecule has 9 heteroatoms. The summed E-state index contributed by atoms with van der Waals surface area (Å²) < 4.78 is 10.4. The van der Waals surface area contributed by atoms with E-state index in [9.17, 15) is 14.9 Å². The van der Waals surface area contributed by atoms with Gasteiger partial charge in [0.2, 0.25) is 0 Å². The van der Waals surface area contributed by atoms with Gasteiger partial charge in [0, 0.05) is 6.54 Å². The first-order chi connectivity index (χ1) is 12.5. The Morgan fingerprint density at radius 3 is 2.85 bits per heavy atom. The van der Waals surface area contributed by atoms with E-state index in [0.29, 0.717) is 18.0 Å². The van der Waals surface area contributed by atoms with Crippen LogP contribution in [0.4, 0.5) is 10.7 Å². The number of rotatable bonds is 6. The average Bonchev–Trinajstić information content (AvgIpc) is 3.21. The van der Waals surface area contributed by atoms with Gasteiger partial charge in [-0.25, -0.2) is 4.79 Å². The highest BCUT2D eigenvalue weighted by atomic mass is 16.6. The number of amides is 1. The van der Waals surface area contributed by atoms with E-state index in [1.54, 1.807) is 19.1 Å². The largest absolute Gasteiger partial charge is 0.441 e. The van der Waals surface area contributed by atoms with E-state index in [-0.39, 0.29) is 12.0 Å². The maximum absolute atomic E-state index is 12.0. The summed E-state index contributed by atoms with van der Waals surface area (Å²) in [6.07, 6.45) is 6.23. The fourth-order valence-corrected chi connectivity index (χ4v) is 3.07. The summed E-state index contributed by atoms with van der Waals surface area (Å²) in [5, 5.41) is 16.2. The van der Waals surface area contributed by atoms with Crippen LogP contribution in [0.25, 0.3) is 6.08 Å². The van der Waals surface area contributed by atoms with Crippen LogP contribution in [-0.4, -0.2) is 58.9 Å². The standard InChI is InChI=1S/C17H22N4O5/c1-13(5-6-14-7-8-16(25-14)21(23)24)18-20-12-15(26-17(20)22)11-19-9-3-2-4-10-19/h5-8,15H,2-4,9-12H2,1H3/b6-5+,18-13+. The second-order valence-corrected chi connectivity index (χ2v) is 6.46. The van der Waals surface area contributed by atoms with Gasteiger partial charge in [-0.15, -0.1) is 0 Å². The van der Waals surface area contributed by atoms with Crippen LogP contribution in [0.5, 0.6) is 0 Å². The van der Waals surface area contributed by atoms with Crippen molar-refractivity contribution in [3.05, 3.63) is 34.1 Å². The molecule has 0 N–H and O–H groups in total. The normalized spacial score (nSPS) is 22.2. The number of carbonyl (C=O) groups is 1. The number of allylic oxidation sites excluding steroid dienone is 1. The maximum atomic E-state index is 12.0. The summed E-state index contributed by atoms with van der Waals surface area (Å²) in [7, 11) is 0. The Morgan fingerprint density at radius 1 is 1.38 bits per heavy atom. The lowest BCUT2D eigenvalue weighted by Crippen LogP contribution is -2.37. The molecule has 1 unspecified atom stereocenters. The van der Waals surface area contributed by atoms with Gasteiger partial charge in [0.05, 0.1) is 18.3 Å². The monoisotopic (exact) mass is 362 g/mol. The molecule has 0 spiro atoms. The molecule has 0 bridgehead atoms. The molecule has 2 aliphatic heterocycles.